The average Bonchev–Trinajstić information content (AvgIpc) is 3.33. The summed E-state index contributed by atoms with van der Waals surface area (Å²) in [4.78, 5) is 4.72. The van der Waals surface area contributed by atoms with Crippen molar-refractivity contribution < 1.29 is 0 Å². The maximum Gasteiger partial charge on any atom is 0.0467 e. The summed E-state index contributed by atoms with van der Waals surface area (Å²) in [6.45, 7) is 0. The summed E-state index contributed by atoms with van der Waals surface area (Å²) < 4.78 is 0. The van der Waals surface area contributed by atoms with Gasteiger partial charge in [0, 0.05) is 34.1 Å². The monoisotopic (exact) mass is 768 g/mol. The molecule has 9 aromatic carbocycles. The van der Waals surface area contributed by atoms with Crippen LogP contribution in [-0.4, -0.2) is 0 Å². The quantitative estimate of drug-likeness (QED) is 0.137. The van der Waals surface area contributed by atoms with Crippen molar-refractivity contribution in [3.8, 4) is 44.5 Å². The number of rotatable bonds is 10. The van der Waals surface area contributed by atoms with E-state index in [0.717, 1.165) is 41.3 Å². The van der Waals surface area contributed by atoms with E-state index in [1.807, 2.05) is 0 Å². The van der Waals surface area contributed by atoms with Crippen LogP contribution in [0.2, 0.25) is 0 Å². The van der Waals surface area contributed by atoms with Crippen molar-refractivity contribution in [3.05, 3.63) is 248 Å². The molecule has 0 fully saturated rings. The molecule has 2 heteroatoms. The van der Waals surface area contributed by atoms with Crippen molar-refractivity contribution in [2.24, 2.45) is 0 Å². The molecule has 0 saturated heterocycles. The number of allylic oxidation sites excluding steroid dienone is 3. The maximum atomic E-state index is 2.38. The molecule has 2 nitrogen and oxygen atoms in total. The molecule has 0 aliphatic heterocycles. The zero-order chi connectivity index (χ0) is 40.1. The molecule has 0 spiro atoms. The molecule has 0 amide bonds. The Kier molecular flexibility index (Phi) is 10.2. The second-order valence-electron chi connectivity index (χ2n) is 15.2. The van der Waals surface area contributed by atoms with Crippen LogP contribution in [0.5, 0.6) is 0 Å². The fourth-order valence-electron chi connectivity index (χ4n) is 8.53. The summed E-state index contributed by atoms with van der Waals surface area (Å²) in [6, 6.07) is 81.0. The van der Waals surface area contributed by atoms with Gasteiger partial charge in [0.2, 0.25) is 0 Å². The Balaban J connectivity index is 0.996. The molecule has 0 atom stereocenters. The van der Waals surface area contributed by atoms with Crippen LogP contribution in [0.4, 0.5) is 28.4 Å². The smallest absolute Gasteiger partial charge is 0.0467 e. The van der Waals surface area contributed by atoms with Gasteiger partial charge in [-0.05, 0) is 135 Å². The van der Waals surface area contributed by atoms with Crippen molar-refractivity contribution >= 4 is 39.2 Å². The van der Waals surface area contributed by atoms with E-state index in [9.17, 15) is 0 Å². The molecule has 1 aliphatic carbocycles. The molecule has 0 N–H and O–H groups in total. The van der Waals surface area contributed by atoms with Crippen LogP contribution in [-0.2, 0) is 0 Å². The molecule has 0 radical (unpaired) electrons. The lowest BCUT2D eigenvalue weighted by atomic mass is 9.91. The summed E-state index contributed by atoms with van der Waals surface area (Å²) in [5.41, 5.74) is 16.5. The zero-order valence-corrected chi connectivity index (χ0v) is 33.4. The lowest BCUT2D eigenvalue weighted by Gasteiger charge is -2.28. The Morgan fingerprint density at radius 2 is 0.733 bits per heavy atom. The number of nitrogens with zero attached hydrogens (tertiary/aromatic N) is 2. The second kappa shape index (κ2) is 16.7. The first-order valence-electron chi connectivity index (χ1n) is 20.8. The predicted molar refractivity (Wildman–Crippen MR) is 255 cm³/mol. The Bertz CT molecular complexity index is 2930. The SMILES string of the molecule is C1=CC(N(c2ccc(-c3ccccc3)cc2)c2ccc(-c3cccc4cccc(-c5ccc(N(c6ccccc6)c6cccc(-c7ccccc7)c6)cc5)c34)cc2)=CCC1. The average molecular weight is 769 g/mol. The molecule has 286 valence electrons. The molecule has 0 unspecified atom stereocenters. The predicted octanol–water partition coefficient (Wildman–Crippen LogP) is 16.3. The highest BCUT2D eigenvalue weighted by molar-refractivity contribution is 6.06. The summed E-state index contributed by atoms with van der Waals surface area (Å²) in [7, 11) is 0. The third-order valence-corrected chi connectivity index (χ3v) is 11.5. The van der Waals surface area contributed by atoms with Gasteiger partial charge in [0.25, 0.3) is 0 Å². The first-order valence-corrected chi connectivity index (χ1v) is 20.8. The van der Waals surface area contributed by atoms with E-state index in [1.54, 1.807) is 0 Å². The van der Waals surface area contributed by atoms with Gasteiger partial charge in [-0.15, -0.1) is 0 Å². The minimum Gasteiger partial charge on any atom is -0.311 e. The van der Waals surface area contributed by atoms with E-state index in [2.05, 4.69) is 252 Å². The summed E-state index contributed by atoms with van der Waals surface area (Å²) >= 11 is 0. The van der Waals surface area contributed by atoms with Crippen LogP contribution in [0, 0.1) is 0 Å². The highest BCUT2D eigenvalue weighted by Gasteiger charge is 2.18. The van der Waals surface area contributed by atoms with Crippen molar-refractivity contribution in [2.45, 2.75) is 12.8 Å². The fraction of sp³-hybridized carbons (Fsp3) is 0.0345. The number of para-hydroxylation sites is 1. The molecule has 60 heavy (non-hydrogen) atoms. The third kappa shape index (κ3) is 7.43. The normalized spacial score (nSPS) is 12.2. The third-order valence-electron chi connectivity index (χ3n) is 11.5. The van der Waals surface area contributed by atoms with E-state index in [-0.39, 0.29) is 0 Å². The molecule has 0 bridgehead atoms. The van der Waals surface area contributed by atoms with Crippen LogP contribution < -0.4 is 9.80 Å². The molecule has 0 aromatic heterocycles. The van der Waals surface area contributed by atoms with Crippen molar-refractivity contribution in [3.63, 3.8) is 0 Å². The van der Waals surface area contributed by atoms with E-state index >= 15 is 0 Å². The van der Waals surface area contributed by atoms with Gasteiger partial charge in [0.05, 0.1) is 0 Å². The minimum atomic E-state index is 1.04. The lowest BCUT2D eigenvalue weighted by Crippen LogP contribution is -2.16. The highest BCUT2D eigenvalue weighted by atomic mass is 15.1. The van der Waals surface area contributed by atoms with E-state index in [0.29, 0.717) is 0 Å². The Morgan fingerprint density at radius 3 is 1.28 bits per heavy atom. The number of benzene rings is 9. The molecular formula is C58H44N2. The van der Waals surface area contributed by atoms with Gasteiger partial charge >= 0.3 is 0 Å². The van der Waals surface area contributed by atoms with E-state index in [1.165, 1.54) is 61.0 Å². The highest BCUT2D eigenvalue weighted by Crippen LogP contribution is 2.41. The van der Waals surface area contributed by atoms with Gasteiger partial charge in [0.1, 0.15) is 0 Å². The fourth-order valence-corrected chi connectivity index (χ4v) is 8.53. The van der Waals surface area contributed by atoms with Gasteiger partial charge in [-0.2, -0.15) is 0 Å². The standard InChI is InChI=1S/C58H44N2/c1-5-16-43(17-6-1)45-30-36-52(37-31-45)59(50-23-9-3-10-24-50)53-38-32-46(33-39-53)56-28-14-20-48-21-15-29-57(58(48)56)47-34-40-54(41-35-47)60(51-25-11-4-12-26-51)55-27-13-22-49(42-55)44-18-7-2-8-19-44/h1-2,4-9,11-42H,3,10H2. The summed E-state index contributed by atoms with van der Waals surface area (Å²) in [5.74, 6) is 0. The maximum absolute atomic E-state index is 2.38. The number of hydrogen-bond acceptors (Lipinski definition) is 2. The van der Waals surface area contributed by atoms with E-state index in [4.69, 9.17) is 0 Å². The lowest BCUT2D eigenvalue weighted by molar-refractivity contribution is 0.997. The number of hydrogen-bond donors (Lipinski definition) is 0. The van der Waals surface area contributed by atoms with Crippen LogP contribution in [0.25, 0.3) is 55.3 Å². The Labute approximate surface area is 353 Å². The first kappa shape index (κ1) is 36.6. The number of fused-ring (bicyclic) bond motifs is 1. The molecular weight excluding hydrogens is 725 g/mol. The summed E-state index contributed by atoms with van der Waals surface area (Å²) in [5, 5.41) is 2.47. The molecule has 0 saturated carbocycles. The van der Waals surface area contributed by atoms with Crippen molar-refractivity contribution in [2.75, 3.05) is 9.80 Å². The van der Waals surface area contributed by atoms with Gasteiger partial charge < -0.3 is 9.80 Å². The Hall–Kier alpha value is -7.68. The van der Waals surface area contributed by atoms with Crippen molar-refractivity contribution in [1.82, 2.24) is 0 Å². The zero-order valence-electron chi connectivity index (χ0n) is 33.4. The summed E-state index contributed by atoms with van der Waals surface area (Å²) in [6.07, 6.45) is 8.99. The second-order valence-corrected chi connectivity index (χ2v) is 15.2. The molecule has 0 heterocycles. The van der Waals surface area contributed by atoms with Gasteiger partial charge in [-0.1, -0.05) is 176 Å². The largest absolute Gasteiger partial charge is 0.311 e. The minimum absolute atomic E-state index is 1.04. The van der Waals surface area contributed by atoms with Crippen molar-refractivity contribution in [1.29, 1.82) is 0 Å². The topological polar surface area (TPSA) is 6.48 Å². The Morgan fingerprint density at radius 1 is 0.300 bits per heavy atom. The van der Waals surface area contributed by atoms with E-state index < -0.39 is 0 Å². The molecule has 1 aliphatic rings. The molecule has 10 rings (SSSR count). The van der Waals surface area contributed by atoms with Gasteiger partial charge in [-0.25, -0.2) is 0 Å². The van der Waals surface area contributed by atoms with Crippen LogP contribution in [0.1, 0.15) is 12.8 Å². The van der Waals surface area contributed by atoms with Gasteiger partial charge in [-0.3, -0.25) is 0 Å². The van der Waals surface area contributed by atoms with Crippen LogP contribution >= 0.6 is 0 Å². The number of anilines is 5. The molecule has 9 aromatic rings. The van der Waals surface area contributed by atoms with Crippen LogP contribution in [0.15, 0.2) is 248 Å². The van der Waals surface area contributed by atoms with Crippen LogP contribution in [0.3, 0.4) is 0 Å². The first-order chi connectivity index (χ1) is 29.8. The van der Waals surface area contributed by atoms with Gasteiger partial charge in [0.15, 0.2) is 0 Å².